The molecule has 0 aliphatic heterocycles. The molecule has 1 saturated carbocycles. The average Bonchev–Trinajstić information content (AvgIpc) is 2.17. The fourth-order valence-electron chi connectivity index (χ4n) is 1.78. The van der Waals surface area contributed by atoms with Crippen LogP contribution in [0, 0.1) is 5.92 Å². The lowest BCUT2D eigenvalue weighted by Gasteiger charge is -2.05. The first-order chi connectivity index (χ1) is 4.33. The average molecular weight is 127 g/mol. The van der Waals surface area contributed by atoms with Crippen molar-refractivity contribution in [2.24, 2.45) is 11.7 Å². The van der Waals surface area contributed by atoms with Crippen LogP contribution in [0.2, 0.25) is 0 Å². The minimum absolute atomic E-state index is 0.529. The van der Waals surface area contributed by atoms with Crippen molar-refractivity contribution in [2.75, 3.05) is 0 Å². The molecule has 0 aromatic carbocycles. The van der Waals surface area contributed by atoms with Crippen molar-refractivity contribution >= 4 is 0 Å². The molecule has 0 bridgehead atoms. The summed E-state index contributed by atoms with van der Waals surface area (Å²) < 4.78 is 0. The summed E-state index contributed by atoms with van der Waals surface area (Å²) in [4.78, 5) is 0. The summed E-state index contributed by atoms with van der Waals surface area (Å²) in [6.07, 6.45) is 6.67. The minimum atomic E-state index is 0.529. The molecular weight excluding hydrogens is 110 g/mol. The standard InChI is InChI=1S/C8H17N/c1-2-3-7-4-5-8(9)6-7/h7-8H,2-6,9H2,1H3/t7-,8-/m1/s1. The van der Waals surface area contributed by atoms with E-state index in [1.807, 2.05) is 0 Å². The van der Waals surface area contributed by atoms with Gasteiger partial charge in [-0.05, 0) is 25.2 Å². The van der Waals surface area contributed by atoms with Gasteiger partial charge in [-0.25, -0.2) is 0 Å². The van der Waals surface area contributed by atoms with E-state index in [0.29, 0.717) is 6.04 Å². The van der Waals surface area contributed by atoms with Crippen LogP contribution >= 0.6 is 0 Å². The lowest BCUT2D eigenvalue weighted by Crippen LogP contribution is -2.14. The highest BCUT2D eigenvalue weighted by Crippen LogP contribution is 2.27. The van der Waals surface area contributed by atoms with Crippen molar-refractivity contribution in [3.05, 3.63) is 0 Å². The predicted octanol–water partition coefficient (Wildman–Crippen LogP) is 1.91. The van der Waals surface area contributed by atoms with E-state index in [4.69, 9.17) is 5.73 Å². The van der Waals surface area contributed by atoms with Gasteiger partial charge in [-0.15, -0.1) is 0 Å². The van der Waals surface area contributed by atoms with Crippen molar-refractivity contribution in [1.29, 1.82) is 0 Å². The summed E-state index contributed by atoms with van der Waals surface area (Å²) in [5, 5.41) is 0. The molecule has 0 aromatic rings. The lowest BCUT2D eigenvalue weighted by atomic mass is 10.0. The van der Waals surface area contributed by atoms with Crippen LogP contribution in [0.25, 0.3) is 0 Å². The normalized spacial score (nSPS) is 35.3. The Bertz CT molecular complexity index is 78.6. The van der Waals surface area contributed by atoms with E-state index in [0.717, 1.165) is 5.92 Å². The fraction of sp³-hybridized carbons (Fsp3) is 1.00. The smallest absolute Gasteiger partial charge is 0.00415 e. The van der Waals surface area contributed by atoms with Crippen molar-refractivity contribution in [3.63, 3.8) is 0 Å². The van der Waals surface area contributed by atoms with Crippen LogP contribution in [-0.4, -0.2) is 6.04 Å². The van der Waals surface area contributed by atoms with Gasteiger partial charge in [-0.1, -0.05) is 19.8 Å². The maximum atomic E-state index is 5.76. The SMILES string of the molecule is CCC[C@@H]1CC[C@@H](N)C1. The first-order valence-electron chi connectivity index (χ1n) is 4.08. The van der Waals surface area contributed by atoms with Crippen LogP contribution in [0.15, 0.2) is 0 Å². The molecule has 0 amide bonds. The Hall–Kier alpha value is -0.0400. The molecule has 1 nitrogen and oxygen atoms in total. The predicted molar refractivity (Wildman–Crippen MR) is 40.2 cm³/mol. The Kier molecular flexibility index (Phi) is 2.52. The van der Waals surface area contributed by atoms with Gasteiger partial charge in [0.1, 0.15) is 0 Å². The maximum Gasteiger partial charge on any atom is 0.00415 e. The summed E-state index contributed by atoms with van der Waals surface area (Å²) in [5.41, 5.74) is 5.76. The molecule has 9 heavy (non-hydrogen) atoms. The molecule has 0 spiro atoms. The maximum absolute atomic E-state index is 5.76. The molecule has 2 atom stereocenters. The van der Waals surface area contributed by atoms with E-state index in [-0.39, 0.29) is 0 Å². The van der Waals surface area contributed by atoms with Gasteiger partial charge in [-0.3, -0.25) is 0 Å². The van der Waals surface area contributed by atoms with Gasteiger partial charge >= 0.3 is 0 Å². The van der Waals surface area contributed by atoms with Gasteiger partial charge in [0.2, 0.25) is 0 Å². The molecule has 54 valence electrons. The zero-order valence-electron chi connectivity index (χ0n) is 6.27. The van der Waals surface area contributed by atoms with Crippen LogP contribution in [0.4, 0.5) is 0 Å². The third-order valence-electron chi connectivity index (χ3n) is 2.28. The molecule has 0 heterocycles. The first kappa shape index (κ1) is 7.07. The zero-order chi connectivity index (χ0) is 6.69. The molecule has 2 N–H and O–H groups in total. The topological polar surface area (TPSA) is 26.0 Å². The van der Waals surface area contributed by atoms with E-state index in [1.54, 1.807) is 0 Å². The van der Waals surface area contributed by atoms with Gasteiger partial charge in [0, 0.05) is 6.04 Å². The number of rotatable bonds is 2. The van der Waals surface area contributed by atoms with E-state index in [2.05, 4.69) is 6.92 Å². The monoisotopic (exact) mass is 127 g/mol. The van der Waals surface area contributed by atoms with E-state index >= 15 is 0 Å². The third kappa shape index (κ3) is 1.98. The van der Waals surface area contributed by atoms with E-state index in [9.17, 15) is 0 Å². The van der Waals surface area contributed by atoms with Crippen LogP contribution < -0.4 is 5.73 Å². The van der Waals surface area contributed by atoms with Crippen molar-refractivity contribution < 1.29 is 0 Å². The summed E-state index contributed by atoms with van der Waals surface area (Å²) in [5.74, 6) is 0.963. The Balaban J connectivity index is 2.14. The largest absolute Gasteiger partial charge is 0.328 e. The molecule has 1 fully saturated rings. The van der Waals surface area contributed by atoms with Gasteiger partial charge in [0.05, 0.1) is 0 Å². The summed E-state index contributed by atoms with van der Waals surface area (Å²) in [7, 11) is 0. The van der Waals surface area contributed by atoms with Gasteiger partial charge in [0.15, 0.2) is 0 Å². The molecule has 0 saturated heterocycles. The summed E-state index contributed by atoms with van der Waals surface area (Å²) in [6.45, 7) is 2.25. The second-order valence-electron chi connectivity index (χ2n) is 3.23. The molecule has 1 aliphatic carbocycles. The van der Waals surface area contributed by atoms with Crippen molar-refractivity contribution in [2.45, 2.75) is 45.1 Å². The zero-order valence-corrected chi connectivity index (χ0v) is 6.27. The molecule has 1 heteroatoms. The minimum Gasteiger partial charge on any atom is -0.328 e. The highest BCUT2D eigenvalue weighted by atomic mass is 14.6. The highest BCUT2D eigenvalue weighted by molar-refractivity contribution is 4.76. The third-order valence-corrected chi connectivity index (χ3v) is 2.28. The lowest BCUT2D eigenvalue weighted by molar-refractivity contribution is 0.488. The second kappa shape index (κ2) is 3.21. The number of hydrogen-bond donors (Lipinski definition) is 1. The molecule has 0 unspecified atom stereocenters. The molecule has 0 aromatic heterocycles. The van der Waals surface area contributed by atoms with Gasteiger partial charge in [0.25, 0.3) is 0 Å². The Labute approximate surface area is 57.6 Å². The van der Waals surface area contributed by atoms with E-state index in [1.165, 1.54) is 32.1 Å². The van der Waals surface area contributed by atoms with Gasteiger partial charge < -0.3 is 5.73 Å². The Morgan fingerprint density at radius 1 is 1.44 bits per heavy atom. The van der Waals surface area contributed by atoms with Crippen LogP contribution in [0.3, 0.4) is 0 Å². The number of nitrogens with two attached hydrogens (primary N) is 1. The Morgan fingerprint density at radius 3 is 2.67 bits per heavy atom. The quantitative estimate of drug-likeness (QED) is 0.602. The van der Waals surface area contributed by atoms with Crippen molar-refractivity contribution in [3.8, 4) is 0 Å². The fourth-order valence-corrected chi connectivity index (χ4v) is 1.78. The van der Waals surface area contributed by atoms with Gasteiger partial charge in [-0.2, -0.15) is 0 Å². The highest BCUT2D eigenvalue weighted by Gasteiger charge is 2.19. The molecular formula is C8H17N. The second-order valence-corrected chi connectivity index (χ2v) is 3.23. The van der Waals surface area contributed by atoms with E-state index < -0.39 is 0 Å². The number of hydrogen-bond acceptors (Lipinski definition) is 1. The summed E-state index contributed by atoms with van der Waals surface area (Å²) >= 11 is 0. The van der Waals surface area contributed by atoms with Crippen LogP contribution in [0.5, 0.6) is 0 Å². The van der Waals surface area contributed by atoms with Crippen LogP contribution in [-0.2, 0) is 0 Å². The summed E-state index contributed by atoms with van der Waals surface area (Å²) in [6, 6.07) is 0.529. The molecule has 1 aliphatic rings. The first-order valence-corrected chi connectivity index (χ1v) is 4.08. The Morgan fingerprint density at radius 2 is 2.22 bits per heavy atom. The molecule has 1 rings (SSSR count). The molecule has 0 radical (unpaired) electrons. The van der Waals surface area contributed by atoms with Crippen LogP contribution in [0.1, 0.15) is 39.0 Å². The van der Waals surface area contributed by atoms with Crippen molar-refractivity contribution in [1.82, 2.24) is 0 Å².